The van der Waals surface area contributed by atoms with Crippen LogP contribution in [0.1, 0.15) is 10.6 Å². The minimum absolute atomic E-state index is 0.0270. The standard InChI is InChI=1S/C13H13ClO4/c1-16-5-6-17-8-11(15)12-7-9-3-2-4-10(14)13(9)18-12/h2-4,7H,5-6,8H2,1H3. The number of hydrogen-bond donors (Lipinski definition) is 0. The molecule has 96 valence electrons. The minimum atomic E-state index is -0.210. The molecule has 0 unspecified atom stereocenters. The van der Waals surface area contributed by atoms with Crippen LogP contribution in [0.4, 0.5) is 0 Å². The molecule has 0 aliphatic carbocycles. The summed E-state index contributed by atoms with van der Waals surface area (Å²) in [6, 6.07) is 7.04. The van der Waals surface area contributed by atoms with Gasteiger partial charge in [0.2, 0.25) is 5.78 Å². The first-order chi connectivity index (χ1) is 8.72. The molecular weight excluding hydrogens is 256 g/mol. The van der Waals surface area contributed by atoms with Gasteiger partial charge < -0.3 is 13.9 Å². The first-order valence-corrected chi connectivity index (χ1v) is 5.88. The molecule has 4 nitrogen and oxygen atoms in total. The Morgan fingerprint density at radius 1 is 1.39 bits per heavy atom. The Bertz CT molecular complexity index is 547. The Morgan fingerprint density at radius 2 is 2.22 bits per heavy atom. The number of para-hydroxylation sites is 1. The second-order valence-corrected chi connectivity index (χ2v) is 4.14. The van der Waals surface area contributed by atoms with Crippen LogP contribution in [0.5, 0.6) is 0 Å². The highest BCUT2D eigenvalue weighted by Crippen LogP contribution is 2.26. The van der Waals surface area contributed by atoms with Crippen LogP contribution in [0.25, 0.3) is 11.0 Å². The molecule has 0 saturated carbocycles. The molecule has 1 aromatic heterocycles. The van der Waals surface area contributed by atoms with Crippen molar-refractivity contribution in [2.75, 3.05) is 26.9 Å². The summed E-state index contributed by atoms with van der Waals surface area (Å²) in [6.45, 7) is 0.809. The Labute approximate surface area is 109 Å². The summed E-state index contributed by atoms with van der Waals surface area (Å²) < 4.78 is 15.4. The second kappa shape index (κ2) is 6.00. The van der Waals surface area contributed by atoms with Gasteiger partial charge >= 0.3 is 0 Å². The number of hydrogen-bond acceptors (Lipinski definition) is 4. The molecular formula is C13H13ClO4. The molecule has 0 aliphatic heterocycles. The molecule has 0 radical (unpaired) electrons. The lowest BCUT2D eigenvalue weighted by Gasteiger charge is -2.00. The van der Waals surface area contributed by atoms with Crippen LogP contribution in [0.15, 0.2) is 28.7 Å². The zero-order valence-electron chi connectivity index (χ0n) is 9.94. The predicted octanol–water partition coefficient (Wildman–Crippen LogP) is 2.93. The van der Waals surface area contributed by atoms with Crippen LogP contribution in [0.3, 0.4) is 0 Å². The Kier molecular flexibility index (Phi) is 4.36. The number of ether oxygens (including phenoxy) is 2. The van der Waals surface area contributed by atoms with Crippen LogP contribution < -0.4 is 0 Å². The molecule has 0 bridgehead atoms. The average molecular weight is 269 g/mol. The summed E-state index contributed by atoms with van der Waals surface area (Å²) in [4.78, 5) is 11.8. The fourth-order valence-electron chi connectivity index (χ4n) is 1.54. The van der Waals surface area contributed by atoms with Crippen LogP contribution in [0, 0.1) is 0 Å². The van der Waals surface area contributed by atoms with Gasteiger partial charge in [-0.3, -0.25) is 4.79 Å². The van der Waals surface area contributed by atoms with Gasteiger partial charge in [-0.2, -0.15) is 0 Å². The van der Waals surface area contributed by atoms with Crippen molar-refractivity contribution in [1.82, 2.24) is 0 Å². The molecule has 0 spiro atoms. The lowest BCUT2D eigenvalue weighted by atomic mass is 10.2. The quantitative estimate of drug-likeness (QED) is 0.597. The van der Waals surface area contributed by atoms with E-state index in [4.69, 9.17) is 25.5 Å². The third-order valence-corrected chi connectivity index (χ3v) is 2.73. The summed E-state index contributed by atoms with van der Waals surface area (Å²) in [5.74, 6) is 0.0499. The highest BCUT2D eigenvalue weighted by molar-refractivity contribution is 6.34. The molecule has 0 saturated heterocycles. The fraction of sp³-hybridized carbons (Fsp3) is 0.308. The van der Waals surface area contributed by atoms with E-state index in [-0.39, 0.29) is 18.2 Å². The summed E-state index contributed by atoms with van der Waals surface area (Å²) in [6.07, 6.45) is 0. The second-order valence-electron chi connectivity index (χ2n) is 3.74. The number of furan rings is 1. The number of Topliss-reactive ketones (excluding diaryl/α,β-unsaturated/α-hetero) is 1. The van der Waals surface area contributed by atoms with E-state index in [9.17, 15) is 4.79 Å². The number of carbonyl (C=O) groups excluding carboxylic acids is 1. The maximum absolute atomic E-state index is 11.8. The van der Waals surface area contributed by atoms with Gasteiger partial charge in [-0.1, -0.05) is 23.7 Å². The number of methoxy groups -OCH3 is 1. The largest absolute Gasteiger partial charge is 0.451 e. The van der Waals surface area contributed by atoms with Crippen molar-refractivity contribution in [2.24, 2.45) is 0 Å². The topological polar surface area (TPSA) is 48.7 Å². The van der Waals surface area contributed by atoms with Gasteiger partial charge in [-0.15, -0.1) is 0 Å². The SMILES string of the molecule is COCCOCC(=O)c1cc2cccc(Cl)c2o1. The van der Waals surface area contributed by atoms with Gasteiger partial charge in [-0.05, 0) is 12.1 Å². The fourth-order valence-corrected chi connectivity index (χ4v) is 1.76. The molecule has 0 N–H and O–H groups in total. The third kappa shape index (κ3) is 2.90. The Morgan fingerprint density at radius 3 is 2.94 bits per heavy atom. The molecule has 0 atom stereocenters. The van der Waals surface area contributed by atoms with E-state index in [0.717, 1.165) is 5.39 Å². The Balaban J connectivity index is 2.06. The van der Waals surface area contributed by atoms with E-state index < -0.39 is 0 Å². The van der Waals surface area contributed by atoms with Gasteiger partial charge in [0.05, 0.1) is 18.2 Å². The van der Waals surface area contributed by atoms with E-state index >= 15 is 0 Å². The summed E-state index contributed by atoms with van der Waals surface area (Å²) in [5.41, 5.74) is 0.527. The monoisotopic (exact) mass is 268 g/mol. The molecule has 1 aromatic carbocycles. The molecule has 5 heteroatoms. The van der Waals surface area contributed by atoms with E-state index in [1.165, 1.54) is 0 Å². The van der Waals surface area contributed by atoms with Crippen LogP contribution >= 0.6 is 11.6 Å². The van der Waals surface area contributed by atoms with Crippen LogP contribution in [-0.2, 0) is 9.47 Å². The minimum Gasteiger partial charge on any atom is -0.451 e. The number of carbonyl (C=O) groups is 1. The number of halogens is 1. The molecule has 0 amide bonds. The van der Waals surface area contributed by atoms with Crippen LogP contribution in [0.2, 0.25) is 5.02 Å². The molecule has 2 rings (SSSR count). The number of fused-ring (bicyclic) bond motifs is 1. The van der Waals surface area contributed by atoms with Crippen molar-refractivity contribution in [1.29, 1.82) is 0 Å². The highest BCUT2D eigenvalue weighted by atomic mass is 35.5. The van der Waals surface area contributed by atoms with E-state index in [0.29, 0.717) is 23.8 Å². The first-order valence-electron chi connectivity index (χ1n) is 5.50. The van der Waals surface area contributed by atoms with Gasteiger partial charge in [-0.25, -0.2) is 0 Å². The maximum Gasteiger partial charge on any atom is 0.223 e. The summed E-state index contributed by atoms with van der Waals surface area (Å²) >= 11 is 5.97. The smallest absolute Gasteiger partial charge is 0.223 e. The van der Waals surface area contributed by atoms with Crippen molar-refractivity contribution in [3.63, 3.8) is 0 Å². The third-order valence-electron chi connectivity index (χ3n) is 2.44. The predicted molar refractivity (Wildman–Crippen MR) is 68.2 cm³/mol. The van der Waals surface area contributed by atoms with Gasteiger partial charge in [0.1, 0.15) is 6.61 Å². The van der Waals surface area contributed by atoms with E-state index in [1.807, 2.05) is 12.1 Å². The molecule has 0 fully saturated rings. The molecule has 1 heterocycles. The van der Waals surface area contributed by atoms with Crippen molar-refractivity contribution in [3.05, 3.63) is 35.0 Å². The van der Waals surface area contributed by atoms with E-state index in [2.05, 4.69) is 0 Å². The number of benzene rings is 1. The summed E-state index contributed by atoms with van der Waals surface area (Å²) in [5, 5.41) is 1.30. The maximum atomic E-state index is 11.8. The van der Waals surface area contributed by atoms with Gasteiger partial charge in [0, 0.05) is 12.5 Å². The zero-order valence-corrected chi connectivity index (χ0v) is 10.7. The van der Waals surface area contributed by atoms with Crippen molar-refractivity contribution < 1.29 is 18.7 Å². The molecule has 0 aliphatic rings. The van der Waals surface area contributed by atoms with E-state index in [1.54, 1.807) is 19.2 Å². The van der Waals surface area contributed by atoms with Crippen molar-refractivity contribution in [2.45, 2.75) is 0 Å². The zero-order chi connectivity index (χ0) is 13.0. The number of rotatable bonds is 6. The van der Waals surface area contributed by atoms with Crippen molar-refractivity contribution >= 4 is 28.4 Å². The number of ketones is 1. The average Bonchev–Trinajstić information content (AvgIpc) is 2.80. The first kappa shape index (κ1) is 13.1. The van der Waals surface area contributed by atoms with Gasteiger partial charge in [0.25, 0.3) is 0 Å². The summed E-state index contributed by atoms with van der Waals surface area (Å²) in [7, 11) is 1.58. The lowest BCUT2D eigenvalue weighted by Crippen LogP contribution is -2.11. The van der Waals surface area contributed by atoms with Crippen molar-refractivity contribution in [3.8, 4) is 0 Å². The highest BCUT2D eigenvalue weighted by Gasteiger charge is 2.13. The molecule has 2 aromatic rings. The Hall–Kier alpha value is -1.36. The van der Waals surface area contributed by atoms with Gasteiger partial charge in [0.15, 0.2) is 11.3 Å². The van der Waals surface area contributed by atoms with Crippen LogP contribution in [-0.4, -0.2) is 32.7 Å². The normalized spacial score (nSPS) is 11.0. The molecule has 18 heavy (non-hydrogen) atoms. The lowest BCUT2D eigenvalue weighted by molar-refractivity contribution is 0.0559.